The zero-order valence-electron chi connectivity index (χ0n) is 13.5. The maximum atomic E-state index is 2.72. The molecule has 0 N–H and O–H groups in total. The summed E-state index contributed by atoms with van der Waals surface area (Å²) in [5.41, 5.74) is 0.713. The topological polar surface area (TPSA) is 6.48 Å². The zero-order valence-corrected chi connectivity index (χ0v) is 14.5. The highest BCUT2D eigenvalue weighted by molar-refractivity contribution is 6.88. The first-order valence-electron chi connectivity index (χ1n) is 7.53. The molecule has 0 radical (unpaired) electrons. The third-order valence-electron chi connectivity index (χ3n) is 4.43. The van der Waals surface area contributed by atoms with Crippen molar-refractivity contribution < 1.29 is 0 Å². The molecule has 3 heteroatoms. The van der Waals surface area contributed by atoms with Crippen molar-refractivity contribution in [3.63, 3.8) is 0 Å². The van der Waals surface area contributed by atoms with Crippen LogP contribution in [0.4, 0.5) is 0 Å². The SMILES string of the molecule is CCC(C)[Si](c1ccccc1)(N(C)C)N(CC)CC. The van der Waals surface area contributed by atoms with E-state index in [1.165, 1.54) is 11.6 Å². The molecule has 0 heterocycles. The van der Waals surface area contributed by atoms with Crippen LogP contribution in [0.1, 0.15) is 34.1 Å². The molecule has 0 amide bonds. The van der Waals surface area contributed by atoms with E-state index < -0.39 is 8.40 Å². The zero-order chi connectivity index (χ0) is 14.5. The average Bonchev–Trinajstić information content (AvgIpc) is 2.44. The first kappa shape index (κ1) is 16.4. The monoisotopic (exact) mass is 278 g/mol. The lowest BCUT2D eigenvalue weighted by molar-refractivity contribution is 0.392. The summed E-state index contributed by atoms with van der Waals surface area (Å²) in [4.78, 5) is 0. The van der Waals surface area contributed by atoms with E-state index >= 15 is 0 Å². The summed E-state index contributed by atoms with van der Waals surface area (Å²) in [7, 11) is 2.72. The van der Waals surface area contributed by atoms with Crippen LogP contribution in [0, 0.1) is 0 Å². The second-order valence-corrected chi connectivity index (χ2v) is 10.0. The Morgan fingerprint density at radius 3 is 1.89 bits per heavy atom. The Morgan fingerprint density at radius 2 is 1.53 bits per heavy atom. The standard InChI is InChI=1S/C16H30N2Si/c1-7-15(4)19(17(5)6,18(8-2)9-3)16-13-11-10-12-14-16/h10-15H,7-9H2,1-6H3. The van der Waals surface area contributed by atoms with Gasteiger partial charge in [0.05, 0.1) is 0 Å². The highest BCUT2D eigenvalue weighted by atomic mass is 28.3. The van der Waals surface area contributed by atoms with Gasteiger partial charge in [-0.3, -0.25) is 0 Å². The molecule has 2 nitrogen and oxygen atoms in total. The van der Waals surface area contributed by atoms with E-state index in [9.17, 15) is 0 Å². The lowest BCUT2D eigenvalue weighted by Gasteiger charge is -2.49. The van der Waals surface area contributed by atoms with Crippen LogP contribution in [0.25, 0.3) is 0 Å². The Morgan fingerprint density at radius 1 is 1.00 bits per heavy atom. The molecule has 2 atom stereocenters. The number of rotatable bonds is 7. The average molecular weight is 279 g/mol. The third kappa shape index (κ3) is 2.93. The lowest BCUT2D eigenvalue weighted by atomic mass is 10.4. The molecule has 19 heavy (non-hydrogen) atoms. The maximum absolute atomic E-state index is 2.72. The molecule has 1 aromatic carbocycles. The summed E-state index contributed by atoms with van der Waals surface area (Å²) in [5.74, 6) is 0. The molecule has 2 unspecified atom stereocenters. The van der Waals surface area contributed by atoms with Gasteiger partial charge in [-0.25, -0.2) is 0 Å². The molecular formula is C16H30N2Si. The summed E-state index contributed by atoms with van der Waals surface area (Å²) >= 11 is 0. The van der Waals surface area contributed by atoms with Gasteiger partial charge in [-0.05, 0) is 37.9 Å². The summed E-state index contributed by atoms with van der Waals surface area (Å²) < 4.78 is 5.25. The predicted molar refractivity (Wildman–Crippen MR) is 88.2 cm³/mol. The minimum atomic E-state index is -1.82. The smallest absolute Gasteiger partial charge is 0.242 e. The van der Waals surface area contributed by atoms with Crippen molar-refractivity contribution in [2.24, 2.45) is 0 Å². The Bertz CT molecular complexity index is 362. The molecule has 0 aliphatic carbocycles. The van der Waals surface area contributed by atoms with Crippen molar-refractivity contribution >= 4 is 13.6 Å². The van der Waals surface area contributed by atoms with Gasteiger partial charge in [0.15, 0.2) is 0 Å². The Kier molecular flexibility index (Phi) is 6.24. The first-order chi connectivity index (χ1) is 9.05. The highest BCUT2D eigenvalue weighted by Gasteiger charge is 2.47. The van der Waals surface area contributed by atoms with Crippen LogP contribution in [0.5, 0.6) is 0 Å². The second-order valence-electron chi connectivity index (χ2n) is 5.47. The molecule has 108 valence electrons. The highest BCUT2D eigenvalue weighted by Crippen LogP contribution is 2.29. The molecule has 1 rings (SSSR count). The fourth-order valence-electron chi connectivity index (χ4n) is 3.43. The van der Waals surface area contributed by atoms with Crippen LogP contribution >= 0.6 is 0 Å². The molecule has 0 aliphatic heterocycles. The van der Waals surface area contributed by atoms with E-state index in [-0.39, 0.29) is 0 Å². The van der Waals surface area contributed by atoms with Gasteiger partial charge >= 0.3 is 0 Å². The van der Waals surface area contributed by atoms with Crippen molar-refractivity contribution in [2.75, 3.05) is 27.2 Å². The predicted octanol–water partition coefficient (Wildman–Crippen LogP) is 3.04. The third-order valence-corrected chi connectivity index (χ3v) is 10.4. The molecule has 0 saturated carbocycles. The number of hydrogen-bond donors (Lipinski definition) is 0. The van der Waals surface area contributed by atoms with Crippen molar-refractivity contribution in [1.29, 1.82) is 0 Å². The van der Waals surface area contributed by atoms with Crippen LogP contribution in [0.2, 0.25) is 5.54 Å². The molecule has 0 saturated heterocycles. The van der Waals surface area contributed by atoms with E-state index in [1.807, 2.05) is 0 Å². The van der Waals surface area contributed by atoms with Crippen molar-refractivity contribution in [1.82, 2.24) is 9.13 Å². The number of benzene rings is 1. The largest absolute Gasteiger partial charge is 0.313 e. The maximum Gasteiger partial charge on any atom is 0.242 e. The molecule has 0 spiro atoms. The number of nitrogens with zero attached hydrogens (tertiary/aromatic N) is 2. The molecule has 0 aromatic heterocycles. The van der Waals surface area contributed by atoms with E-state index in [1.54, 1.807) is 0 Å². The summed E-state index contributed by atoms with van der Waals surface area (Å²) in [6.45, 7) is 11.6. The van der Waals surface area contributed by atoms with Gasteiger partial charge in [0, 0.05) is 0 Å². The minimum Gasteiger partial charge on any atom is -0.313 e. The van der Waals surface area contributed by atoms with Crippen LogP contribution in [-0.4, -0.2) is 44.7 Å². The first-order valence-corrected chi connectivity index (χ1v) is 9.50. The molecule has 0 aliphatic rings. The molecule has 0 fully saturated rings. The molecular weight excluding hydrogens is 248 g/mol. The van der Waals surface area contributed by atoms with Crippen molar-refractivity contribution in [2.45, 2.75) is 39.7 Å². The van der Waals surface area contributed by atoms with E-state index in [4.69, 9.17) is 0 Å². The summed E-state index contributed by atoms with van der Waals surface area (Å²) in [5, 5.41) is 1.54. The van der Waals surface area contributed by atoms with Gasteiger partial charge < -0.3 is 9.13 Å². The van der Waals surface area contributed by atoms with Crippen molar-refractivity contribution in [3.05, 3.63) is 30.3 Å². The fraction of sp³-hybridized carbons (Fsp3) is 0.625. The quantitative estimate of drug-likeness (QED) is 0.707. The summed E-state index contributed by atoms with van der Waals surface area (Å²) in [6, 6.07) is 11.2. The normalized spacial score (nSPS) is 16.6. The Balaban J connectivity index is 3.44. The van der Waals surface area contributed by atoms with Crippen molar-refractivity contribution in [3.8, 4) is 0 Å². The second kappa shape index (κ2) is 7.22. The van der Waals surface area contributed by atoms with Crippen LogP contribution in [-0.2, 0) is 0 Å². The Hall–Kier alpha value is -0.643. The molecule has 0 bridgehead atoms. The fourth-order valence-corrected chi connectivity index (χ4v) is 9.17. The number of hydrogen-bond acceptors (Lipinski definition) is 2. The minimum absolute atomic E-state index is 0.713. The van der Waals surface area contributed by atoms with Crippen LogP contribution in [0.3, 0.4) is 0 Å². The van der Waals surface area contributed by atoms with Gasteiger partial charge in [0.25, 0.3) is 0 Å². The van der Waals surface area contributed by atoms with Gasteiger partial charge in [-0.1, -0.05) is 64.4 Å². The van der Waals surface area contributed by atoms with E-state index in [0.717, 1.165) is 13.1 Å². The Labute approximate surface area is 120 Å². The van der Waals surface area contributed by atoms with E-state index in [0.29, 0.717) is 5.54 Å². The van der Waals surface area contributed by atoms with E-state index in [2.05, 4.69) is 81.3 Å². The van der Waals surface area contributed by atoms with Crippen LogP contribution < -0.4 is 5.19 Å². The van der Waals surface area contributed by atoms with Crippen LogP contribution in [0.15, 0.2) is 30.3 Å². The molecule has 1 aromatic rings. The van der Waals surface area contributed by atoms with Gasteiger partial charge in [-0.15, -0.1) is 0 Å². The van der Waals surface area contributed by atoms with Gasteiger partial charge in [0.2, 0.25) is 8.40 Å². The summed E-state index contributed by atoms with van der Waals surface area (Å²) in [6.07, 6.45) is 1.23. The van der Waals surface area contributed by atoms with Gasteiger partial charge in [-0.2, -0.15) is 0 Å². The van der Waals surface area contributed by atoms with Gasteiger partial charge in [0.1, 0.15) is 0 Å². The lowest BCUT2D eigenvalue weighted by Crippen LogP contribution is -2.72.